The second-order valence-electron chi connectivity index (χ2n) is 7.06. The fourth-order valence-corrected chi connectivity index (χ4v) is 3.82. The largest absolute Gasteiger partial charge is 0.370 e. The summed E-state index contributed by atoms with van der Waals surface area (Å²) in [6, 6.07) is 12.8. The van der Waals surface area contributed by atoms with Crippen molar-refractivity contribution in [1.29, 1.82) is 0 Å². The van der Waals surface area contributed by atoms with Crippen LogP contribution in [0.2, 0.25) is 10.0 Å². The molecule has 2 amide bonds. The monoisotopic (exact) mass is 561 g/mol. The smallest absolute Gasteiger partial charge is 0.321 e. The number of urea groups is 1. The number of carbonyl (C=O) groups excluding carboxylic acids is 1. The second-order valence-corrected chi connectivity index (χ2v) is 7.90. The SMILES string of the molecule is CC(NC(N)=NCc1cccc(NC(=O)N2CCCC2)c1)c1ccc(Cl)cc1Cl.I. The molecule has 0 radical (unpaired) electrons. The van der Waals surface area contributed by atoms with E-state index in [-0.39, 0.29) is 36.0 Å². The number of rotatable bonds is 5. The molecule has 0 aliphatic carbocycles. The van der Waals surface area contributed by atoms with Crippen molar-refractivity contribution >= 4 is 64.9 Å². The molecule has 6 nitrogen and oxygen atoms in total. The van der Waals surface area contributed by atoms with E-state index in [1.807, 2.05) is 42.2 Å². The number of nitrogens with two attached hydrogens (primary N) is 1. The lowest BCUT2D eigenvalue weighted by Crippen LogP contribution is -2.34. The van der Waals surface area contributed by atoms with Crippen LogP contribution >= 0.6 is 47.2 Å². The van der Waals surface area contributed by atoms with Crippen molar-refractivity contribution in [2.45, 2.75) is 32.4 Å². The van der Waals surface area contributed by atoms with Crippen LogP contribution in [0.1, 0.15) is 36.9 Å². The van der Waals surface area contributed by atoms with Crippen LogP contribution in [-0.4, -0.2) is 30.0 Å². The average molecular weight is 562 g/mol. The van der Waals surface area contributed by atoms with Gasteiger partial charge in [-0.3, -0.25) is 0 Å². The van der Waals surface area contributed by atoms with E-state index in [0.717, 1.165) is 42.7 Å². The molecule has 4 N–H and O–H groups in total. The highest BCUT2D eigenvalue weighted by atomic mass is 127. The number of amides is 2. The zero-order valence-corrected chi connectivity index (χ0v) is 20.5. The van der Waals surface area contributed by atoms with Gasteiger partial charge in [-0.05, 0) is 55.2 Å². The van der Waals surface area contributed by atoms with Gasteiger partial charge in [-0.2, -0.15) is 0 Å². The molecule has 1 aliphatic heterocycles. The van der Waals surface area contributed by atoms with Gasteiger partial charge in [-0.25, -0.2) is 9.79 Å². The number of guanidine groups is 1. The van der Waals surface area contributed by atoms with Crippen LogP contribution in [0.3, 0.4) is 0 Å². The van der Waals surface area contributed by atoms with Crippen LogP contribution in [0, 0.1) is 0 Å². The van der Waals surface area contributed by atoms with Crippen molar-refractivity contribution in [3.05, 3.63) is 63.6 Å². The maximum Gasteiger partial charge on any atom is 0.321 e. The maximum absolute atomic E-state index is 12.2. The van der Waals surface area contributed by atoms with Gasteiger partial charge in [0.05, 0.1) is 12.6 Å². The molecule has 0 aromatic heterocycles. The Morgan fingerprint density at radius 1 is 1.20 bits per heavy atom. The van der Waals surface area contributed by atoms with Crippen molar-refractivity contribution in [1.82, 2.24) is 10.2 Å². The van der Waals surface area contributed by atoms with Gasteiger partial charge >= 0.3 is 6.03 Å². The molecular formula is C21H26Cl2IN5O. The lowest BCUT2D eigenvalue weighted by Gasteiger charge is -2.17. The van der Waals surface area contributed by atoms with E-state index >= 15 is 0 Å². The first-order valence-electron chi connectivity index (χ1n) is 9.58. The third kappa shape index (κ3) is 6.92. The first-order valence-corrected chi connectivity index (χ1v) is 10.3. The van der Waals surface area contributed by atoms with Gasteiger partial charge < -0.3 is 21.3 Å². The molecule has 2 aromatic rings. The predicted molar refractivity (Wildman–Crippen MR) is 135 cm³/mol. The number of benzene rings is 2. The number of halogens is 3. The lowest BCUT2D eigenvalue weighted by molar-refractivity contribution is 0.222. The predicted octanol–water partition coefficient (Wildman–Crippen LogP) is 5.40. The van der Waals surface area contributed by atoms with Crippen molar-refractivity contribution in [2.24, 2.45) is 10.7 Å². The number of nitrogens with one attached hydrogen (secondary N) is 2. The summed E-state index contributed by atoms with van der Waals surface area (Å²) in [6.45, 7) is 3.97. The molecule has 2 aromatic carbocycles. The number of likely N-dealkylation sites (tertiary alicyclic amines) is 1. The van der Waals surface area contributed by atoms with E-state index < -0.39 is 0 Å². The minimum atomic E-state index is -0.116. The number of aliphatic imine (C=N–C) groups is 1. The first kappa shape index (κ1) is 24.6. The number of hydrogen-bond acceptors (Lipinski definition) is 2. The highest BCUT2D eigenvalue weighted by Crippen LogP contribution is 2.26. The molecule has 1 heterocycles. The summed E-state index contributed by atoms with van der Waals surface area (Å²) in [5.74, 6) is 0.315. The number of nitrogens with zero attached hydrogens (tertiary/aromatic N) is 2. The second kappa shape index (κ2) is 11.6. The molecular weight excluding hydrogens is 536 g/mol. The Labute approximate surface area is 204 Å². The topological polar surface area (TPSA) is 82.7 Å². The molecule has 1 aliphatic rings. The Bertz CT molecular complexity index is 903. The molecule has 1 unspecified atom stereocenters. The van der Waals surface area contributed by atoms with E-state index in [0.29, 0.717) is 22.5 Å². The van der Waals surface area contributed by atoms with Gasteiger partial charge in [0, 0.05) is 28.8 Å². The summed E-state index contributed by atoms with van der Waals surface area (Å²) < 4.78 is 0. The maximum atomic E-state index is 12.2. The van der Waals surface area contributed by atoms with Gasteiger partial charge in [-0.1, -0.05) is 41.4 Å². The molecule has 162 valence electrons. The lowest BCUT2D eigenvalue weighted by atomic mass is 10.1. The molecule has 1 saturated heterocycles. The zero-order chi connectivity index (χ0) is 20.8. The molecule has 3 rings (SSSR count). The van der Waals surface area contributed by atoms with Gasteiger partial charge in [0.15, 0.2) is 5.96 Å². The summed E-state index contributed by atoms with van der Waals surface area (Å²) in [5.41, 5.74) is 8.63. The molecule has 0 bridgehead atoms. The zero-order valence-electron chi connectivity index (χ0n) is 16.7. The van der Waals surface area contributed by atoms with E-state index in [2.05, 4.69) is 15.6 Å². The molecule has 1 atom stereocenters. The molecule has 0 spiro atoms. The van der Waals surface area contributed by atoms with E-state index in [1.54, 1.807) is 12.1 Å². The minimum Gasteiger partial charge on any atom is -0.370 e. The fourth-order valence-electron chi connectivity index (χ4n) is 3.24. The summed E-state index contributed by atoms with van der Waals surface area (Å²) in [4.78, 5) is 18.5. The fraction of sp³-hybridized carbons (Fsp3) is 0.333. The highest BCUT2D eigenvalue weighted by molar-refractivity contribution is 14.0. The normalized spacial score (nSPS) is 14.8. The number of hydrogen-bond donors (Lipinski definition) is 3. The average Bonchev–Trinajstić information content (AvgIpc) is 3.21. The summed E-state index contributed by atoms with van der Waals surface area (Å²) in [6.07, 6.45) is 2.13. The number of carbonyl (C=O) groups is 1. The van der Waals surface area contributed by atoms with Crippen molar-refractivity contribution in [3.8, 4) is 0 Å². The Morgan fingerprint density at radius 2 is 1.93 bits per heavy atom. The van der Waals surface area contributed by atoms with Crippen molar-refractivity contribution in [2.75, 3.05) is 18.4 Å². The molecule has 30 heavy (non-hydrogen) atoms. The van der Waals surface area contributed by atoms with Crippen LogP contribution in [-0.2, 0) is 6.54 Å². The first-order chi connectivity index (χ1) is 13.9. The van der Waals surface area contributed by atoms with Crippen LogP contribution < -0.4 is 16.4 Å². The third-order valence-corrected chi connectivity index (χ3v) is 5.36. The Morgan fingerprint density at radius 3 is 2.63 bits per heavy atom. The molecule has 9 heteroatoms. The third-order valence-electron chi connectivity index (χ3n) is 4.80. The van der Waals surface area contributed by atoms with Crippen molar-refractivity contribution < 1.29 is 4.79 Å². The number of anilines is 1. The quantitative estimate of drug-likeness (QED) is 0.259. The highest BCUT2D eigenvalue weighted by Gasteiger charge is 2.17. The van der Waals surface area contributed by atoms with Crippen LogP contribution in [0.5, 0.6) is 0 Å². The Hall–Kier alpha value is -1.71. The van der Waals surface area contributed by atoms with E-state index in [1.165, 1.54) is 0 Å². The Balaban J connectivity index is 0.00000320. The van der Waals surface area contributed by atoms with Crippen molar-refractivity contribution in [3.63, 3.8) is 0 Å². The summed E-state index contributed by atoms with van der Waals surface area (Å²) in [7, 11) is 0. The summed E-state index contributed by atoms with van der Waals surface area (Å²) in [5, 5.41) is 7.24. The van der Waals surface area contributed by atoms with Gasteiger partial charge in [0.1, 0.15) is 0 Å². The molecule has 0 saturated carbocycles. The van der Waals surface area contributed by atoms with E-state index in [9.17, 15) is 4.79 Å². The van der Waals surface area contributed by atoms with Crippen LogP contribution in [0.4, 0.5) is 10.5 Å². The minimum absolute atomic E-state index is 0. The van der Waals surface area contributed by atoms with E-state index in [4.69, 9.17) is 28.9 Å². The van der Waals surface area contributed by atoms with Gasteiger partial charge in [-0.15, -0.1) is 24.0 Å². The van der Waals surface area contributed by atoms with Crippen LogP contribution in [0.25, 0.3) is 0 Å². The standard InChI is InChI=1S/C21H25Cl2N5O.HI/c1-14(18-8-7-16(22)12-19(18)23)26-20(24)25-13-15-5-4-6-17(11-15)27-21(29)28-9-2-3-10-28;/h4-8,11-12,14H,2-3,9-10,13H2,1H3,(H,27,29)(H3,24,25,26);1H. The van der Waals surface area contributed by atoms with Gasteiger partial charge in [0.2, 0.25) is 0 Å². The van der Waals surface area contributed by atoms with Crippen LogP contribution in [0.15, 0.2) is 47.5 Å². The Kier molecular flexibility index (Phi) is 9.51. The van der Waals surface area contributed by atoms with Gasteiger partial charge in [0.25, 0.3) is 0 Å². The molecule has 1 fully saturated rings. The summed E-state index contributed by atoms with van der Waals surface area (Å²) >= 11 is 12.2.